The van der Waals surface area contributed by atoms with Gasteiger partial charge in [0.1, 0.15) is 0 Å². The number of aromatic nitrogens is 1. The second-order valence-corrected chi connectivity index (χ2v) is 3.09. The molecule has 0 spiro atoms. The van der Waals surface area contributed by atoms with Crippen molar-refractivity contribution in [3.8, 4) is 5.88 Å². The van der Waals surface area contributed by atoms with Gasteiger partial charge in [-0.3, -0.25) is 0 Å². The molecule has 1 unspecified atom stereocenters. The van der Waals surface area contributed by atoms with E-state index in [0.29, 0.717) is 5.69 Å². The van der Waals surface area contributed by atoms with Gasteiger partial charge < -0.3 is 10.5 Å². The largest absolute Gasteiger partial charge is 0.468 e. The monoisotopic (exact) mass is 256 g/mol. The molecule has 0 saturated carbocycles. The molecule has 0 saturated heterocycles. The Morgan fingerprint density at radius 3 is 2.56 bits per heavy atom. The molecule has 16 heavy (non-hydrogen) atoms. The molecule has 1 aromatic rings. The second kappa shape index (κ2) is 5.91. The summed E-state index contributed by atoms with van der Waals surface area (Å²) in [6, 6.07) is 4.21. The van der Waals surface area contributed by atoms with Crippen molar-refractivity contribution in [2.45, 2.75) is 19.1 Å². The topological polar surface area (TPSA) is 48.1 Å². The highest BCUT2D eigenvalue weighted by molar-refractivity contribution is 5.85. The smallest absolute Gasteiger partial charge is 0.422 e. The fourth-order valence-electron chi connectivity index (χ4n) is 0.921. The number of nitrogens with zero attached hydrogens (tertiary/aromatic N) is 1. The van der Waals surface area contributed by atoms with Crippen LogP contribution in [0.4, 0.5) is 13.2 Å². The maximum Gasteiger partial charge on any atom is 0.422 e. The van der Waals surface area contributed by atoms with Gasteiger partial charge in [0, 0.05) is 12.1 Å². The molecule has 1 aromatic heterocycles. The Morgan fingerprint density at radius 2 is 2.06 bits per heavy atom. The van der Waals surface area contributed by atoms with E-state index in [1.165, 1.54) is 6.07 Å². The lowest BCUT2D eigenvalue weighted by molar-refractivity contribution is -0.154. The standard InChI is InChI=1S/C9H11F3N2O.ClH/c1-6(13)7-3-2-4-8(14-7)15-5-9(10,11)12;/h2-4,6H,5,13H2,1H3;1H. The van der Waals surface area contributed by atoms with E-state index in [-0.39, 0.29) is 24.3 Å². The van der Waals surface area contributed by atoms with Gasteiger partial charge in [0.2, 0.25) is 5.88 Å². The zero-order valence-electron chi connectivity index (χ0n) is 8.49. The van der Waals surface area contributed by atoms with Crippen LogP contribution < -0.4 is 10.5 Å². The predicted octanol–water partition coefficient (Wildman–Crippen LogP) is 2.46. The molecule has 1 atom stereocenters. The first-order valence-corrected chi connectivity index (χ1v) is 4.30. The molecule has 3 nitrogen and oxygen atoms in total. The Balaban J connectivity index is 0.00000225. The van der Waals surface area contributed by atoms with E-state index in [9.17, 15) is 13.2 Å². The Morgan fingerprint density at radius 1 is 1.44 bits per heavy atom. The molecule has 1 rings (SSSR count). The third-order valence-corrected chi connectivity index (χ3v) is 1.60. The molecule has 2 N–H and O–H groups in total. The quantitative estimate of drug-likeness (QED) is 0.904. The summed E-state index contributed by atoms with van der Waals surface area (Å²) < 4.78 is 39.9. The van der Waals surface area contributed by atoms with Crippen LogP contribution in [0.15, 0.2) is 18.2 Å². The van der Waals surface area contributed by atoms with Crippen LogP contribution >= 0.6 is 12.4 Å². The molecule has 0 fully saturated rings. The van der Waals surface area contributed by atoms with E-state index < -0.39 is 12.8 Å². The van der Waals surface area contributed by atoms with Gasteiger partial charge in [-0.15, -0.1) is 12.4 Å². The maximum atomic E-state index is 11.8. The third kappa shape index (κ3) is 5.18. The number of nitrogens with two attached hydrogens (primary N) is 1. The zero-order valence-corrected chi connectivity index (χ0v) is 9.31. The molecule has 1 heterocycles. The lowest BCUT2D eigenvalue weighted by atomic mass is 10.2. The summed E-state index contributed by atoms with van der Waals surface area (Å²) >= 11 is 0. The molecular weight excluding hydrogens is 245 g/mol. The van der Waals surface area contributed by atoms with E-state index in [1.54, 1.807) is 19.1 Å². The normalized spacial score (nSPS) is 12.8. The highest BCUT2D eigenvalue weighted by Gasteiger charge is 2.28. The zero-order chi connectivity index (χ0) is 11.5. The van der Waals surface area contributed by atoms with Crippen LogP contribution in [0, 0.1) is 0 Å². The summed E-state index contributed by atoms with van der Waals surface area (Å²) in [4.78, 5) is 3.83. The maximum absolute atomic E-state index is 11.8. The van der Waals surface area contributed by atoms with Crippen LogP contribution in [0.3, 0.4) is 0 Å². The van der Waals surface area contributed by atoms with Crippen LogP contribution in [-0.4, -0.2) is 17.8 Å². The van der Waals surface area contributed by atoms with Crippen molar-refractivity contribution in [2.24, 2.45) is 5.73 Å². The van der Waals surface area contributed by atoms with E-state index >= 15 is 0 Å². The molecule has 0 bridgehead atoms. The minimum atomic E-state index is -4.36. The molecule has 0 aromatic carbocycles. The molecular formula is C9H12ClF3N2O. The number of ether oxygens (including phenoxy) is 1. The van der Waals surface area contributed by atoms with Crippen molar-refractivity contribution in [2.75, 3.05) is 6.61 Å². The molecule has 7 heteroatoms. The minimum Gasteiger partial charge on any atom is -0.468 e. The van der Waals surface area contributed by atoms with Crippen molar-refractivity contribution in [3.05, 3.63) is 23.9 Å². The van der Waals surface area contributed by atoms with Gasteiger partial charge in [0.05, 0.1) is 5.69 Å². The Labute approximate surface area is 97.2 Å². The fourth-order valence-corrected chi connectivity index (χ4v) is 0.921. The lowest BCUT2D eigenvalue weighted by Crippen LogP contribution is -2.20. The molecule has 0 aliphatic rings. The summed E-state index contributed by atoms with van der Waals surface area (Å²) in [6.07, 6.45) is -4.36. The van der Waals surface area contributed by atoms with Gasteiger partial charge in [-0.1, -0.05) is 6.07 Å². The molecule has 0 radical (unpaired) electrons. The van der Waals surface area contributed by atoms with Crippen molar-refractivity contribution in [1.82, 2.24) is 4.98 Å². The Bertz CT molecular complexity index is 331. The number of hydrogen-bond donors (Lipinski definition) is 1. The summed E-state index contributed by atoms with van der Waals surface area (Å²) in [5, 5.41) is 0. The average molecular weight is 257 g/mol. The highest BCUT2D eigenvalue weighted by Crippen LogP contribution is 2.18. The fraction of sp³-hybridized carbons (Fsp3) is 0.444. The van der Waals surface area contributed by atoms with E-state index in [0.717, 1.165) is 0 Å². The molecule has 0 aliphatic heterocycles. The first kappa shape index (κ1) is 15.0. The van der Waals surface area contributed by atoms with Crippen molar-refractivity contribution < 1.29 is 17.9 Å². The van der Waals surface area contributed by atoms with Gasteiger partial charge >= 0.3 is 6.18 Å². The van der Waals surface area contributed by atoms with Gasteiger partial charge in [-0.2, -0.15) is 13.2 Å². The number of rotatable bonds is 3. The molecule has 92 valence electrons. The summed E-state index contributed by atoms with van der Waals surface area (Å²) in [6.45, 7) is 0.346. The van der Waals surface area contributed by atoms with Gasteiger partial charge in [-0.25, -0.2) is 4.98 Å². The first-order chi connectivity index (χ1) is 6.88. The van der Waals surface area contributed by atoms with Gasteiger partial charge in [0.25, 0.3) is 0 Å². The first-order valence-electron chi connectivity index (χ1n) is 4.30. The van der Waals surface area contributed by atoms with Crippen molar-refractivity contribution in [1.29, 1.82) is 0 Å². The van der Waals surface area contributed by atoms with Crippen LogP contribution in [0.2, 0.25) is 0 Å². The Kier molecular flexibility index (Phi) is 5.53. The third-order valence-electron chi connectivity index (χ3n) is 1.60. The van der Waals surface area contributed by atoms with E-state index in [1.807, 2.05) is 0 Å². The number of alkyl halides is 3. The summed E-state index contributed by atoms with van der Waals surface area (Å²) in [5.41, 5.74) is 6.02. The number of hydrogen-bond acceptors (Lipinski definition) is 3. The Hall–Kier alpha value is -1.01. The van der Waals surface area contributed by atoms with E-state index in [4.69, 9.17) is 5.73 Å². The van der Waals surface area contributed by atoms with Crippen molar-refractivity contribution in [3.63, 3.8) is 0 Å². The van der Waals surface area contributed by atoms with Gasteiger partial charge in [0.15, 0.2) is 6.61 Å². The van der Waals surface area contributed by atoms with Crippen LogP contribution in [0.1, 0.15) is 18.7 Å². The summed E-state index contributed by atoms with van der Waals surface area (Å²) in [7, 11) is 0. The predicted molar refractivity (Wildman–Crippen MR) is 55.6 cm³/mol. The van der Waals surface area contributed by atoms with Crippen LogP contribution in [0.25, 0.3) is 0 Å². The average Bonchev–Trinajstić information content (AvgIpc) is 2.14. The van der Waals surface area contributed by atoms with Crippen molar-refractivity contribution >= 4 is 12.4 Å². The SMILES string of the molecule is CC(N)c1cccc(OCC(F)(F)F)n1.Cl. The molecule has 0 aliphatic carbocycles. The number of pyridine rings is 1. The molecule has 0 amide bonds. The number of halogens is 4. The lowest BCUT2D eigenvalue weighted by Gasteiger charge is -2.10. The summed E-state index contributed by atoms with van der Waals surface area (Å²) in [5.74, 6) is -0.0675. The van der Waals surface area contributed by atoms with Crippen LogP contribution in [-0.2, 0) is 0 Å². The highest BCUT2D eigenvalue weighted by atomic mass is 35.5. The van der Waals surface area contributed by atoms with Crippen LogP contribution in [0.5, 0.6) is 5.88 Å². The van der Waals surface area contributed by atoms with E-state index in [2.05, 4.69) is 9.72 Å². The second-order valence-electron chi connectivity index (χ2n) is 3.09. The minimum absolute atomic E-state index is 0. The van der Waals surface area contributed by atoms with Gasteiger partial charge in [-0.05, 0) is 13.0 Å².